The van der Waals surface area contributed by atoms with Gasteiger partial charge in [-0.25, -0.2) is 0 Å². The number of piperidine rings is 1. The van der Waals surface area contributed by atoms with Crippen molar-refractivity contribution in [1.82, 2.24) is 10.2 Å². The molecule has 1 aromatic carbocycles. The molecule has 0 saturated carbocycles. The molecule has 0 amide bonds. The lowest BCUT2D eigenvalue weighted by molar-refractivity contribution is 0.0657. The Hall–Kier alpha value is -1.55. The molecule has 1 saturated heterocycles. The summed E-state index contributed by atoms with van der Waals surface area (Å²) >= 11 is 0. The highest BCUT2D eigenvalue weighted by Crippen LogP contribution is 2.16. The second kappa shape index (κ2) is 8.92. The third-order valence-electron chi connectivity index (χ3n) is 4.32. The van der Waals surface area contributed by atoms with Crippen LogP contribution >= 0.6 is 0 Å². The van der Waals surface area contributed by atoms with Crippen LogP contribution in [0, 0.1) is 5.92 Å². The van der Waals surface area contributed by atoms with E-state index in [2.05, 4.69) is 60.2 Å². The highest BCUT2D eigenvalue weighted by atomic mass is 16.5. The Labute approximate surface area is 140 Å². The van der Waals surface area contributed by atoms with Gasteiger partial charge in [-0.05, 0) is 43.7 Å². The quantitative estimate of drug-likeness (QED) is 0.668. The predicted molar refractivity (Wildman–Crippen MR) is 96.5 cm³/mol. The fourth-order valence-corrected chi connectivity index (χ4v) is 2.83. The summed E-state index contributed by atoms with van der Waals surface area (Å²) in [5.41, 5.74) is 2.49. The first-order chi connectivity index (χ1) is 11.1. The molecule has 2 rings (SSSR count). The topological polar surface area (TPSA) is 36.9 Å². The van der Waals surface area contributed by atoms with Crippen LogP contribution in [0.15, 0.2) is 29.3 Å². The average molecular weight is 317 g/mol. The summed E-state index contributed by atoms with van der Waals surface area (Å²) < 4.78 is 5.68. The molecule has 0 atom stereocenters. The Morgan fingerprint density at radius 3 is 2.65 bits per heavy atom. The number of guanidine groups is 1. The van der Waals surface area contributed by atoms with Gasteiger partial charge in [0.25, 0.3) is 0 Å². The Balaban J connectivity index is 1.87. The maximum Gasteiger partial charge on any atom is 0.193 e. The molecule has 0 radical (unpaired) electrons. The lowest BCUT2D eigenvalue weighted by atomic mass is 9.99. The van der Waals surface area contributed by atoms with Crippen LogP contribution in [0.5, 0.6) is 0 Å². The van der Waals surface area contributed by atoms with Gasteiger partial charge in [-0.1, -0.05) is 31.2 Å². The number of hydrogen-bond acceptors (Lipinski definition) is 2. The fraction of sp³-hybridized carbons (Fsp3) is 0.632. The van der Waals surface area contributed by atoms with Crippen LogP contribution in [-0.4, -0.2) is 37.1 Å². The molecule has 0 aliphatic carbocycles. The summed E-state index contributed by atoms with van der Waals surface area (Å²) in [6.45, 7) is 10.1. The van der Waals surface area contributed by atoms with Crippen LogP contribution < -0.4 is 5.32 Å². The van der Waals surface area contributed by atoms with Crippen molar-refractivity contribution < 1.29 is 4.74 Å². The van der Waals surface area contributed by atoms with Crippen molar-refractivity contribution in [2.24, 2.45) is 10.9 Å². The Morgan fingerprint density at radius 2 is 2.00 bits per heavy atom. The predicted octanol–water partition coefficient (Wildman–Crippen LogP) is 3.42. The van der Waals surface area contributed by atoms with E-state index in [1.807, 2.05) is 7.05 Å². The van der Waals surface area contributed by atoms with E-state index >= 15 is 0 Å². The molecule has 1 heterocycles. The second-order valence-corrected chi connectivity index (χ2v) is 6.75. The van der Waals surface area contributed by atoms with Crippen molar-refractivity contribution in [3.63, 3.8) is 0 Å². The standard InChI is InChI=1S/C19H31N3O/c1-15(2)23-14-18-7-5-6-17(12-18)13-21-19(20-4)22-10-8-16(3)9-11-22/h5-7,12,15-16H,8-11,13-14H2,1-4H3,(H,20,21). The van der Waals surface area contributed by atoms with Gasteiger partial charge in [0.15, 0.2) is 5.96 Å². The maximum absolute atomic E-state index is 5.68. The molecule has 1 fully saturated rings. The molecule has 0 unspecified atom stereocenters. The van der Waals surface area contributed by atoms with Gasteiger partial charge >= 0.3 is 0 Å². The van der Waals surface area contributed by atoms with E-state index in [4.69, 9.17) is 4.74 Å². The lowest BCUT2D eigenvalue weighted by Gasteiger charge is -2.33. The molecule has 0 aromatic heterocycles. The third-order valence-corrected chi connectivity index (χ3v) is 4.32. The van der Waals surface area contributed by atoms with Crippen LogP contribution in [0.4, 0.5) is 0 Å². The molecule has 0 bridgehead atoms. The zero-order valence-corrected chi connectivity index (χ0v) is 15.0. The van der Waals surface area contributed by atoms with Crippen molar-refractivity contribution >= 4 is 5.96 Å². The number of nitrogens with one attached hydrogen (secondary N) is 1. The first-order valence-electron chi connectivity index (χ1n) is 8.73. The van der Waals surface area contributed by atoms with Crippen molar-refractivity contribution in [2.75, 3.05) is 20.1 Å². The zero-order chi connectivity index (χ0) is 16.7. The van der Waals surface area contributed by atoms with E-state index in [9.17, 15) is 0 Å². The van der Waals surface area contributed by atoms with Gasteiger partial charge in [0, 0.05) is 26.7 Å². The van der Waals surface area contributed by atoms with E-state index < -0.39 is 0 Å². The fourth-order valence-electron chi connectivity index (χ4n) is 2.83. The second-order valence-electron chi connectivity index (χ2n) is 6.75. The molecule has 4 nitrogen and oxygen atoms in total. The minimum atomic E-state index is 0.261. The molecular formula is C19H31N3O. The number of benzene rings is 1. The van der Waals surface area contributed by atoms with Crippen molar-refractivity contribution in [3.05, 3.63) is 35.4 Å². The molecule has 1 N–H and O–H groups in total. The third kappa shape index (κ3) is 5.87. The van der Waals surface area contributed by atoms with Crippen LogP contribution in [0.3, 0.4) is 0 Å². The normalized spacial score (nSPS) is 16.9. The van der Waals surface area contributed by atoms with Crippen molar-refractivity contribution in [2.45, 2.75) is 52.9 Å². The number of nitrogens with zero attached hydrogens (tertiary/aromatic N) is 2. The molecule has 1 aliphatic heterocycles. The lowest BCUT2D eigenvalue weighted by Crippen LogP contribution is -2.45. The Bertz CT molecular complexity index is 505. The SMILES string of the molecule is CN=C(NCc1cccc(COC(C)C)c1)N1CCC(C)CC1. The monoisotopic (exact) mass is 317 g/mol. The van der Waals surface area contributed by atoms with Crippen molar-refractivity contribution in [1.29, 1.82) is 0 Å². The van der Waals surface area contributed by atoms with E-state index in [1.54, 1.807) is 0 Å². The molecule has 0 spiro atoms. The number of aliphatic imine (C=N–C) groups is 1. The number of likely N-dealkylation sites (tertiary alicyclic amines) is 1. The summed E-state index contributed by atoms with van der Waals surface area (Å²) in [5, 5.41) is 3.50. The van der Waals surface area contributed by atoms with Gasteiger partial charge in [0.1, 0.15) is 0 Å². The first kappa shape index (κ1) is 17.8. The van der Waals surface area contributed by atoms with Gasteiger partial charge in [0.2, 0.25) is 0 Å². The molecule has 4 heteroatoms. The Morgan fingerprint density at radius 1 is 1.30 bits per heavy atom. The van der Waals surface area contributed by atoms with E-state index in [-0.39, 0.29) is 6.10 Å². The smallest absolute Gasteiger partial charge is 0.193 e. The molecular weight excluding hydrogens is 286 g/mol. The van der Waals surface area contributed by atoms with E-state index in [1.165, 1.54) is 24.0 Å². The number of hydrogen-bond donors (Lipinski definition) is 1. The largest absolute Gasteiger partial charge is 0.374 e. The Kier molecular flexibility index (Phi) is 6.90. The van der Waals surface area contributed by atoms with Crippen LogP contribution in [0.25, 0.3) is 0 Å². The van der Waals surface area contributed by atoms with Gasteiger partial charge < -0.3 is 15.0 Å². The summed E-state index contributed by atoms with van der Waals surface area (Å²) in [7, 11) is 1.87. The van der Waals surface area contributed by atoms with Gasteiger partial charge in [-0.2, -0.15) is 0 Å². The molecule has 23 heavy (non-hydrogen) atoms. The summed E-state index contributed by atoms with van der Waals surface area (Å²) in [6, 6.07) is 8.58. The molecule has 128 valence electrons. The van der Waals surface area contributed by atoms with Crippen LogP contribution in [0.1, 0.15) is 44.7 Å². The minimum Gasteiger partial charge on any atom is -0.374 e. The highest BCUT2D eigenvalue weighted by molar-refractivity contribution is 5.79. The van der Waals surface area contributed by atoms with Crippen LogP contribution in [-0.2, 0) is 17.9 Å². The zero-order valence-electron chi connectivity index (χ0n) is 15.0. The number of rotatable bonds is 5. The average Bonchev–Trinajstić information content (AvgIpc) is 2.55. The minimum absolute atomic E-state index is 0.261. The van der Waals surface area contributed by atoms with Crippen LogP contribution in [0.2, 0.25) is 0 Å². The maximum atomic E-state index is 5.68. The number of ether oxygens (including phenoxy) is 1. The van der Waals surface area contributed by atoms with Crippen molar-refractivity contribution in [3.8, 4) is 0 Å². The summed E-state index contributed by atoms with van der Waals surface area (Å²) in [4.78, 5) is 6.81. The highest BCUT2D eigenvalue weighted by Gasteiger charge is 2.18. The first-order valence-corrected chi connectivity index (χ1v) is 8.73. The van der Waals surface area contributed by atoms with E-state index in [0.717, 1.165) is 31.5 Å². The van der Waals surface area contributed by atoms with E-state index in [0.29, 0.717) is 6.61 Å². The molecule has 1 aromatic rings. The van der Waals surface area contributed by atoms with Gasteiger partial charge in [-0.3, -0.25) is 4.99 Å². The van der Waals surface area contributed by atoms with Gasteiger partial charge in [-0.15, -0.1) is 0 Å². The molecule has 1 aliphatic rings. The summed E-state index contributed by atoms with van der Waals surface area (Å²) in [5.74, 6) is 1.85. The summed E-state index contributed by atoms with van der Waals surface area (Å²) in [6.07, 6.45) is 2.77. The van der Waals surface area contributed by atoms with Gasteiger partial charge in [0.05, 0.1) is 12.7 Å².